The second-order valence-electron chi connectivity index (χ2n) is 6.28. The van der Waals surface area contributed by atoms with E-state index in [1.807, 2.05) is 43.0 Å². The molecule has 3 N–H and O–H groups in total. The highest BCUT2D eigenvalue weighted by Crippen LogP contribution is 2.33. The van der Waals surface area contributed by atoms with E-state index in [1.165, 1.54) is 5.56 Å². The summed E-state index contributed by atoms with van der Waals surface area (Å²) in [5.41, 5.74) is 2.04. The number of aryl methyl sites for hydroxylation is 1. The molecule has 6 heteroatoms. The Balaban J connectivity index is 1.34. The maximum atomic E-state index is 11.9. The predicted octanol–water partition coefficient (Wildman–Crippen LogP) is 2.66. The largest absolute Gasteiger partial charge is 0.332 e. The molecule has 5 nitrogen and oxygen atoms in total. The smallest absolute Gasteiger partial charge is 0.315 e. The Morgan fingerprint density at radius 3 is 2.83 bits per heavy atom. The lowest BCUT2D eigenvalue weighted by Gasteiger charge is -2.16. The summed E-state index contributed by atoms with van der Waals surface area (Å²) in [5, 5.41) is 9.35. The summed E-state index contributed by atoms with van der Waals surface area (Å²) < 4.78 is 0. The third-order valence-corrected chi connectivity index (χ3v) is 5.92. The second-order valence-corrected chi connectivity index (χ2v) is 7.55. The number of hydrogen-bond acceptors (Lipinski definition) is 3. The van der Waals surface area contributed by atoms with Crippen LogP contribution in [0.4, 0.5) is 10.5 Å². The van der Waals surface area contributed by atoms with E-state index in [2.05, 4.69) is 16.0 Å². The summed E-state index contributed by atoms with van der Waals surface area (Å²) >= 11 is 1.92. The minimum atomic E-state index is -0.0391. The van der Waals surface area contributed by atoms with Crippen LogP contribution in [-0.2, 0) is 4.79 Å². The number of carbonyl (C=O) groups excluding carboxylic acids is 2. The molecule has 2 saturated heterocycles. The molecule has 2 aliphatic heterocycles. The van der Waals surface area contributed by atoms with Crippen LogP contribution >= 0.6 is 11.8 Å². The molecule has 1 aromatic carbocycles. The van der Waals surface area contributed by atoms with Crippen molar-refractivity contribution in [1.29, 1.82) is 0 Å². The zero-order chi connectivity index (χ0) is 16.2. The first-order valence-electron chi connectivity index (χ1n) is 8.17. The van der Waals surface area contributed by atoms with E-state index < -0.39 is 0 Å². The fourth-order valence-corrected chi connectivity index (χ4v) is 4.68. The summed E-state index contributed by atoms with van der Waals surface area (Å²) in [4.78, 5) is 23.3. The molecule has 0 radical (unpaired) electrons. The van der Waals surface area contributed by atoms with Gasteiger partial charge in [0.1, 0.15) is 0 Å². The average Bonchev–Trinajstić information content (AvgIpc) is 3.06. The number of thioether (sulfide) groups is 1. The number of urea groups is 1. The predicted molar refractivity (Wildman–Crippen MR) is 93.8 cm³/mol. The van der Waals surface area contributed by atoms with E-state index in [4.69, 9.17) is 0 Å². The Morgan fingerprint density at radius 2 is 2.04 bits per heavy atom. The Labute approximate surface area is 141 Å². The normalized spacial score (nSPS) is 25.6. The van der Waals surface area contributed by atoms with Gasteiger partial charge in [0.2, 0.25) is 5.91 Å². The first kappa shape index (κ1) is 16.2. The molecule has 0 aliphatic carbocycles. The molecule has 0 aromatic heterocycles. The molecule has 3 amide bonds. The molecular formula is C17H23N3O2S. The first-order chi connectivity index (χ1) is 11.1. The van der Waals surface area contributed by atoms with Crippen LogP contribution in [0.5, 0.6) is 0 Å². The number of anilines is 1. The third-order valence-electron chi connectivity index (χ3n) is 4.42. The van der Waals surface area contributed by atoms with Crippen molar-refractivity contribution in [2.45, 2.75) is 49.9 Å². The van der Waals surface area contributed by atoms with Crippen molar-refractivity contribution >= 4 is 29.4 Å². The lowest BCUT2D eigenvalue weighted by Crippen LogP contribution is -2.36. The van der Waals surface area contributed by atoms with Gasteiger partial charge >= 0.3 is 6.03 Å². The monoisotopic (exact) mass is 333 g/mol. The highest BCUT2D eigenvalue weighted by atomic mass is 32.2. The molecule has 3 rings (SSSR count). The van der Waals surface area contributed by atoms with Crippen LogP contribution in [-0.4, -0.2) is 35.0 Å². The van der Waals surface area contributed by atoms with Gasteiger partial charge in [0.05, 0.1) is 12.1 Å². The van der Waals surface area contributed by atoms with Gasteiger partial charge in [0.25, 0.3) is 0 Å². The summed E-state index contributed by atoms with van der Waals surface area (Å²) in [6, 6.07) is 8.34. The van der Waals surface area contributed by atoms with Gasteiger partial charge in [-0.2, -0.15) is 11.8 Å². The number of rotatable bonds is 6. The molecule has 0 unspecified atom stereocenters. The summed E-state index contributed by atoms with van der Waals surface area (Å²) in [5.74, 6) is 1.06. The summed E-state index contributed by atoms with van der Waals surface area (Å²) in [6.45, 7) is 2.03. The van der Waals surface area contributed by atoms with Crippen LogP contribution < -0.4 is 16.0 Å². The molecule has 0 spiro atoms. The van der Waals surface area contributed by atoms with Crippen LogP contribution in [0.15, 0.2) is 24.3 Å². The molecule has 3 atom stereocenters. The molecule has 23 heavy (non-hydrogen) atoms. The van der Waals surface area contributed by atoms with Gasteiger partial charge in [-0.15, -0.1) is 0 Å². The van der Waals surface area contributed by atoms with Crippen LogP contribution in [0.1, 0.15) is 31.2 Å². The number of unbranched alkanes of at least 4 members (excludes halogenated alkanes) is 1. The van der Waals surface area contributed by atoms with E-state index in [0.717, 1.165) is 30.7 Å². The van der Waals surface area contributed by atoms with Gasteiger partial charge in [-0.1, -0.05) is 24.1 Å². The molecule has 2 aliphatic rings. The van der Waals surface area contributed by atoms with Gasteiger partial charge in [0, 0.05) is 23.1 Å². The summed E-state index contributed by atoms with van der Waals surface area (Å²) in [6.07, 6.45) is 3.49. The van der Waals surface area contributed by atoms with Crippen LogP contribution in [0.2, 0.25) is 0 Å². The van der Waals surface area contributed by atoms with Crippen molar-refractivity contribution in [3.63, 3.8) is 0 Å². The van der Waals surface area contributed by atoms with Gasteiger partial charge < -0.3 is 16.0 Å². The highest BCUT2D eigenvalue weighted by Gasteiger charge is 2.42. The van der Waals surface area contributed by atoms with E-state index in [0.29, 0.717) is 11.7 Å². The molecule has 1 aromatic rings. The molecule has 0 saturated carbocycles. The fraction of sp³-hybridized carbons (Fsp3) is 0.529. The molecule has 124 valence electrons. The number of benzene rings is 1. The second kappa shape index (κ2) is 7.25. The van der Waals surface area contributed by atoms with Gasteiger partial charge in [-0.25, -0.2) is 4.79 Å². The Bertz CT molecular complexity index is 576. The lowest BCUT2D eigenvalue weighted by molar-refractivity contribution is -0.116. The zero-order valence-electron chi connectivity index (χ0n) is 13.3. The number of hydrogen-bond donors (Lipinski definition) is 3. The zero-order valence-corrected chi connectivity index (χ0v) is 14.1. The summed E-state index contributed by atoms with van der Waals surface area (Å²) in [7, 11) is 0. The van der Waals surface area contributed by atoms with Crippen molar-refractivity contribution in [3.8, 4) is 0 Å². The Hall–Kier alpha value is -1.69. The van der Waals surface area contributed by atoms with Crippen molar-refractivity contribution in [2.24, 2.45) is 0 Å². The van der Waals surface area contributed by atoms with Gasteiger partial charge in [-0.3, -0.25) is 4.79 Å². The molecule has 2 fully saturated rings. The van der Waals surface area contributed by atoms with Crippen molar-refractivity contribution in [2.75, 3.05) is 11.1 Å². The SMILES string of the molecule is Cc1ccc(NC(=O)CCCC[C@H]2SC[C@H]3NC(=O)N[C@H]32)cc1. The van der Waals surface area contributed by atoms with Crippen LogP contribution in [0.25, 0.3) is 0 Å². The number of amides is 3. The van der Waals surface area contributed by atoms with Crippen molar-refractivity contribution in [1.82, 2.24) is 10.6 Å². The first-order valence-corrected chi connectivity index (χ1v) is 9.22. The number of carbonyl (C=O) groups is 2. The van der Waals surface area contributed by atoms with E-state index in [1.54, 1.807) is 0 Å². The topological polar surface area (TPSA) is 70.2 Å². The van der Waals surface area contributed by atoms with E-state index in [9.17, 15) is 9.59 Å². The minimum absolute atomic E-state index is 0.0391. The van der Waals surface area contributed by atoms with Gasteiger partial charge in [0.15, 0.2) is 0 Å². The standard InChI is InChI=1S/C17H23N3O2S/c1-11-6-8-12(9-7-11)18-15(21)5-3-2-4-14-16-13(10-23-14)19-17(22)20-16/h6-9,13-14,16H,2-5,10H2,1H3,(H,18,21)(H2,19,20,22)/t13-,14-,16-/m1/s1. The molecule has 2 heterocycles. The van der Waals surface area contributed by atoms with Crippen LogP contribution in [0, 0.1) is 6.92 Å². The Kier molecular flexibility index (Phi) is 5.10. The fourth-order valence-electron chi connectivity index (χ4n) is 3.13. The number of nitrogens with one attached hydrogen (secondary N) is 3. The van der Waals surface area contributed by atoms with Crippen LogP contribution in [0.3, 0.4) is 0 Å². The maximum Gasteiger partial charge on any atom is 0.315 e. The lowest BCUT2D eigenvalue weighted by atomic mass is 10.0. The van der Waals surface area contributed by atoms with E-state index >= 15 is 0 Å². The number of fused-ring (bicyclic) bond motifs is 1. The van der Waals surface area contributed by atoms with Crippen molar-refractivity contribution in [3.05, 3.63) is 29.8 Å². The maximum absolute atomic E-state index is 11.9. The Morgan fingerprint density at radius 1 is 1.26 bits per heavy atom. The molecular weight excluding hydrogens is 310 g/mol. The average molecular weight is 333 g/mol. The van der Waals surface area contributed by atoms with E-state index in [-0.39, 0.29) is 24.0 Å². The quantitative estimate of drug-likeness (QED) is 0.554. The van der Waals surface area contributed by atoms with Crippen molar-refractivity contribution < 1.29 is 9.59 Å². The van der Waals surface area contributed by atoms with Gasteiger partial charge in [-0.05, 0) is 31.9 Å². The minimum Gasteiger partial charge on any atom is -0.332 e. The highest BCUT2D eigenvalue weighted by molar-refractivity contribution is 8.00. The molecule has 0 bridgehead atoms. The third kappa shape index (κ3) is 4.19.